The number of fused-ring (bicyclic) bond motifs is 2. The molecule has 0 amide bonds. The highest BCUT2D eigenvalue weighted by Gasteiger charge is 2.44. The van der Waals surface area contributed by atoms with Crippen molar-refractivity contribution in [3.8, 4) is 0 Å². The van der Waals surface area contributed by atoms with Crippen molar-refractivity contribution in [2.75, 3.05) is 0 Å². The second kappa shape index (κ2) is 4.26. The minimum atomic E-state index is 0.144. The number of halogens is 1. The molecular formula is C12H19ClN4. The SMILES string of the molecule is Cn1ncc(Cl)c1C(NN)C1CC2CCC1C2. The van der Waals surface area contributed by atoms with E-state index < -0.39 is 0 Å². The molecule has 0 spiro atoms. The topological polar surface area (TPSA) is 55.9 Å². The molecule has 5 heteroatoms. The number of hydrogen-bond acceptors (Lipinski definition) is 3. The van der Waals surface area contributed by atoms with Crippen LogP contribution in [0.3, 0.4) is 0 Å². The summed E-state index contributed by atoms with van der Waals surface area (Å²) < 4.78 is 1.85. The third-order valence-corrected chi connectivity index (χ3v) is 4.92. The molecule has 2 aliphatic carbocycles. The molecule has 0 saturated heterocycles. The molecule has 4 atom stereocenters. The van der Waals surface area contributed by atoms with Gasteiger partial charge in [0.2, 0.25) is 0 Å². The Morgan fingerprint density at radius 3 is 2.82 bits per heavy atom. The van der Waals surface area contributed by atoms with Gasteiger partial charge in [-0.3, -0.25) is 16.0 Å². The van der Waals surface area contributed by atoms with Crippen LogP contribution >= 0.6 is 11.6 Å². The first kappa shape index (κ1) is 11.5. The number of nitrogens with one attached hydrogen (secondary N) is 1. The summed E-state index contributed by atoms with van der Waals surface area (Å²) in [5.74, 6) is 8.10. The van der Waals surface area contributed by atoms with Gasteiger partial charge in [0.15, 0.2) is 0 Å². The van der Waals surface area contributed by atoms with E-state index >= 15 is 0 Å². The van der Waals surface area contributed by atoms with Gasteiger partial charge in [-0.05, 0) is 37.0 Å². The minimum Gasteiger partial charge on any atom is -0.271 e. The summed E-state index contributed by atoms with van der Waals surface area (Å²) in [7, 11) is 1.93. The molecule has 1 aromatic heterocycles. The lowest BCUT2D eigenvalue weighted by molar-refractivity contribution is 0.244. The number of hydrazine groups is 1. The molecule has 3 rings (SSSR count). The van der Waals surface area contributed by atoms with Crippen LogP contribution in [-0.4, -0.2) is 9.78 Å². The molecule has 2 saturated carbocycles. The van der Waals surface area contributed by atoms with Gasteiger partial charge in [0.25, 0.3) is 0 Å². The van der Waals surface area contributed by atoms with Crippen molar-refractivity contribution >= 4 is 11.6 Å². The maximum atomic E-state index is 6.22. The van der Waals surface area contributed by atoms with E-state index in [0.717, 1.165) is 22.6 Å². The average molecular weight is 255 g/mol. The summed E-state index contributed by atoms with van der Waals surface area (Å²) in [5, 5.41) is 4.93. The Labute approximate surface area is 106 Å². The molecule has 1 heterocycles. The summed E-state index contributed by atoms with van der Waals surface area (Å²) in [4.78, 5) is 0. The average Bonchev–Trinajstić information content (AvgIpc) is 3.00. The van der Waals surface area contributed by atoms with Gasteiger partial charge in [0.05, 0.1) is 23.0 Å². The first-order valence-electron chi connectivity index (χ1n) is 6.34. The van der Waals surface area contributed by atoms with Crippen LogP contribution in [0.2, 0.25) is 5.02 Å². The Balaban J connectivity index is 1.89. The fourth-order valence-corrected chi connectivity index (χ4v) is 4.16. The molecule has 17 heavy (non-hydrogen) atoms. The molecule has 4 unspecified atom stereocenters. The predicted octanol–water partition coefficient (Wildman–Crippen LogP) is 2.01. The Morgan fingerprint density at radius 1 is 1.53 bits per heavy atom. The van der Waals surface area contributed by atoms with E-state index in [1.807, 2.05) is 11.7 Å². The Bertz CT molecular complexity index is 397. The van der Waals surface area contributed by atoms with Crippen molar-refractivity contribution in [3.63, 3.8) is 0 Å². The zero-order valence-corrected chi connectivity index (χ0v) is 10.8. The van der Waals surface area contributed by atoms with Crippen molar-refractivity contribution in [1.29, 1.82) is 0 Å². The highest BCUT2D eigenvalue weighted by molar-refractivity contribution is 6.31. The molecule has 3 N–H and O–H groups in total. The maximum absolute atomic E-state index is 6.22. The second-order valence-corrected chi connectivity index (χ2v) is 5.89. The number of aryl methyl sites for hydroxylation is 1. The molecule has 1 aromatic rings. The van der Waals surface area contributed by atoms with Crippen molar-refractivity contribution in [2.45, 2.75) is 31.7 Å². The van der Waals surface area contributed by atoms with Gasteiger partial charge in [-0.2, -0.15) is 5.10 Å². The fourth-order valence-electron chi connectivity index (χ4n) is 3.88. The predicted molar refractivity (Wildman–Crippen MR) is 67.2 cm³/mol. The molecule has 2 fully saturated rings. The Kier molecular flexibility index (Phi) is 2.89. The highest BCUT2D eigenvalue weighted by Crippen LogP contribution is 2.52. The van der Waals surface area contributed by atoms with Crippen LogP contribution in [0.15, 0.2) is 6.20 Å². The molecular weight excluding hydrogens is 236 g/mol. The highest BCUT2D eigenvalue weighted by atomic mass is 35.5. The zero-order chi connectivity index (χ0) is 12.0. The number of nitrogens with zero attached hydrogens (tertiary/aromatic N) is 2. The van der Waals surface area contributed by atoms with E-state index in [4.69, 9.17) is 17.4 Å². The third kappa shape index (κ3) is 1.79. The lowest BCUT2D eigenvalue weighted by Crippen LogP contribution is -2.37. The molecule has 0 aliphatic heterocycles. The molecule has 0 aromatic carbocycles. The number of rotatable bonds is 3. The number of hydrogen-bond donors (Lipinski definition) is 2. The minimum absolute atomic E-state index is 0.144. The van der Waals surface area contributed by atoms with Crippen molar-refractivity contribution in [3.05, 3.63) is 16.9 Å². The molecule has 0 radical (unpaired) electrons. The van der Waals surface area contributed by atoms with Crippen LogP contribution in [0.1, 0.15) is 37.4 Å². The lowest BCUT2D eigenvalue weighted by atomic mass is 9.82. The first-order chi connectivity index (χ1) is 8.20. The monoisotopic (exact) mass is 254 g/mol. The third-order valence-electron chi connectivity index (χ3n) is 4.63. The van der Waals surface area contributed by atoms with Crippen LogP contribution < -0.4 is 11.3 Å². The Hall–Kier alpha value is -0.580. The normalized spacial score (nSPS) is 33.2. The number of aromatic nitrogens is 2. The van der Waals surface area contributed by atoms with Crippen molar-refractivity contribution in [2.24, 2.45) is 30.6 Å². The van der Waals surface area contributed by atoms with E-state index in [1.54, 1.807) is 6.20 Å². The maximum Gasteiger partial charge on any atom is 0.0834 e. The summed E-state index contributed by atoms with van der Waals surface area (Å²) in [6.07, 6.45) is 7.11. The quantitative estimate of drug-likeness (QED) is 0.641. The van der Waals surface area contributed by atoms with Gasteiger partial charge in [-0.25, -0.2) is 0 Å². The van der Waals surface area contributed by atoms with Gasteiger partial charge in [0, 0.05) is 7.05 Å². The summed E-state index contributed by atoms with van der Waals surface area (Å²) in [6.45, 7) is 0. The van der Waals surface area contributed by atoms with Crippen molar-refractivity contribution < 1.29 is 0 Å². The standard InChI is InChI=1S/C12H19ClN4/c1-17-12(10(13)6-15-17)11(16-14)9-5-7-2-3-8(9)4-7/h6-9,11,16H,2-5,14H2,1H3. The van der Waals surface area contributed by atoms with E-state index in [2.05, 4.69) is 10.5 Å². The van der Waals surface area contributed by atoms with Crippen LogP contribution in [0.4, 0.5) is 0 Å². The fraction of sp³-hybridized carbons (Fsp3) is 0.750. The Morgan fingerprint density at radius 2 is 2.35 bits per heavy atom. The van der Waals surface area contributed by atoms with Gasteiger partial charge >= 0.3 is 0 Å². The molecule has 2 bridgehead atoms. The molecule has 2 aliphatic rings. The van der Waals surface area contributed by atoms with Crippen molar-refractivity contribution in [1.82, 2.24) is 15.2 Å². The molecule has 94 valence electrons. The zero-order valence-electron chi connectivity index (χ0n) is 10.1. The summed E-state index contributed by atoms with van der Waals surface area (Å²) >= 11 is 6.22. The van der Waals surface area contributed by atoms with E-state index in [1.165, 1.54) is 25.7 Å². The summed E-state index contributed by atoms with van der Waals surface area (Å²) in [5.41, 5.74) is 4.00. The first-order valence-corrected chi connectivity index (χ1v) is 6.72. The largest absolute Gasteiger partial charge is 0.271 e. The van der Waals surface area contributed by atoms with Gasteiger partial charge in [-0.15, -0.1) is 0 Å². The second-order valence-electron chi connectivity index (χ2n) is 5.48. The number of nitrogens with two attached hydrogens (primary N) is 1. The molecule has 4 nitrogen and oxygen atoms in total. The van der Waals surface area contributed by atoms with Gasteiger partial charge < -0.3 is 0 Å². The summed E-state index contributed by atoms with van der Waals surface area (Å²) in [6, 6.07) is 0.144. The van der Waals surface area contributed by atoms with Crippen LogP contribution in [0, 0.1) is 17.8 Å². The van der Waals surface area contributed by atoms with E-state index in [0.29, 0.717) is 5.92 Å². The van der Waals surface area contributed by atoms with E-state index in [9.17, 15) is 0 Å². The van der Waals surface area contributed by atoms with E-state index in [-0.39, 0.29) is 6.04 Å². The van der Waals surface area contributed by atoms with Crippen LogP contribution in [0.25, 0.3) is 0 Å². The van der Waals surface area contributed by atoms with Crippen LogP contribution in [0.5, 0.6) is 0 Å². The lowest BCUT2D eigenvalue weighted by Gasteiger charge is -2.30. The van der Waals surface area contributed by atoms with Gasteiger partial charge in [0.1, 0.15) is 0 Å². The van der Waals surface area contributed by atoms with Gasteiger partial charge in [-0.1, -0.05) is 18.0 Å². The smallest absolute Gasteiger partial charge is 0.0834 e. The van der Waals surface area contributed by atoms with Crippen LogP contribution in [-0.2, 0) is 7.05 Å².